The quantitative estimate of drug-likeness (QED) is 0.531. The Morgan fingerprint density at radius 3 is 2.30 bits per heavy atom. The zero-order valence-electron chi connectivity index (χ0n) is 13.7. The van der Waals surface area contributed by atoms with Crippen LogP contribution >= 0.6 is 0 Å². The van der Waals surface area contributed by atoms with Gasteiger partial charge in [-0.05, 0) is 31.1 Å². The normalized spacial score (nSPS) is 15.2. The summed E-state index contributed by atoms with van der Waals surface area (Å²) in [6.45, 7) is 6.95. The summed E-state index contributed by atoms with van der Waals surface area (Å²) in [7, 11) is -1.14. The second kappa shape index (κ2) is 10.6. The summed E-state index contributed by atoms with van der Waals surface area (Å²) in [5, 5.41) is 3.46. The van der Waals surface area contributed by atoms with Crippen molar-refractivity contribution in [1.82, 2.24) is 5.32 Å². The van der Waals surface area contributed by atoms with E-state index in [0.717, 1.165) is 39.0 Å². The maximum absolute atomic E-state index is 11.3. The summed E-state index contributed by atoms with van der Waals surface area (Å²) in [5.41, 5.74) is 0.231. The van der Waals surface area contributed by atoms with E-state index in [1.807, 2.05) is 0 Å². The average Bonchev–Trinajstić information content (AvgIpc) is 2.39. The summed E-state index contributed by atoms with van der Waals surface area (Å²) < 4.78 is 27.6. The summed E-state index contributed by atoms with van der Waals surface area (Å²) in [5.74, 6) is 0.305. The van der Waals surface area contributed by atoms with Crippen LogP contribution in [0, 0.1) is 5.41 Å². The number of sulfone groups is 1. The monoisotopic (exact) mass is 307 g/mol. The lowest BCUT2D eigenvalue weighted by Gasteiger charge is -2.33. The molecule has 0 heterocycles. The van der Waals surface area contributed by atoms with Crippen molar-refractivity contribution in [3.8, 4) is 0 Å². The fraction of sp³-hybridized carbons (Fsp3) is 1.00. The molecule has 0 spiro atoms. The number of rotatable bonds is 13. The van der Waals surface area contributed by atoms with Crippen molar-refractivity contribution in [3.05, 3.63) is 0 Å². The molecule has 0 aliphatic rings. The smallest absolute Gasteiger partial charge is 0.147 e. The number of hydrogen-bond acceptors (Lipinski definition) is 4. The summed E-state index contributed by atoms with van der Waals surface area (Å²) >= 11 is 0. The molecule has 0 saturated heterocycles. The van der Waals surface area contributed by atoms with Gasteiger partial charge in [0.05, 0.1) is 6.61 Å². The van der Waals surface area contributed by atoms with E-state index in [0.29, 0.717) is 5.75 Å². The van der Waals surface area contributed by atoms with Gasteiger partial charge in [0.1, 0.15) is 9.84 Å². The topological polar surface area (TPSA) is 55.4 Å². The molecule has 0 bridgehead atoms. The van der Waals surface area contributed by atoms with Crippen LogP contribution in [0.15, 0.2) is 0 Å². The van der Waals surface area contributed by atoms with Gasteiger partial charge in [-0.1, -0.05) is 26.7 Å². The van der Waals surface area contributed by atoms with Crippen LogP contribution in [0.1, 0.15) is 52.4 Å². The Kier molecular flexibility index (Phi) is 10.5. The highest BCUT2D eigenvalue weighted by atomic mass is 32.2. The highest BCUT2D eigenvalue weighted by Gasteiger charge is 2.27. The van der Waals surface area contributed by atoms with E-state index in [1.165, 1.54) is 25.5 Å². The molecule has 0 aromatic carbocycles. The van der Waals surface area contributed by atoms with E-state index >= 15 is 0 Å². The van der Waals surface area contributed by atoms with Crippen LogP contribution in [0.5, 0.6) is 0 Å². The van der Waals surface area contributed by atoms with Crippen molar-refractivity contribution in [2.24, 2.45) is 5.41 Å². The van der Waals surface area contributed by atoms with Crippen LogP contribution in [-0.2, 0) is 14.6 Å². The summed E-state index contributed by atoms with van der Waals surface area (Å²) in [6.07, 6.45) is 7.73. The molecule has 0 aliphatic heterocycles. The van der Waals surface area contributed by atoms with E-state index in [9.17, 15) is 8.42 Å². The Labute approximate surface area is 125 Å². The van der Waals surface area contributed by atoms with Crippen molar-refractivity contribution in [2.75, 3.05) is 38.8 Å². The van der Waals surface area contributed by atoms with Crippen molar-refractivity contribution in [2.45, 2.75) is 52.4 Å². The zero-order chi connectivity index (χ0) is 15.5. The lowest BCUT2D eigenvalue weighted by atomic mass is 9.76. The Hall–Kier alpha value is -0.130. The van der Waals surface area contributed by atoms with E-state index in [2.05, 4.69) is 19.2 Å². The minimum atomic E-state index is -2.84. The largest absolute Gasteiger partial charge is 0.383 e. The Bertz CT molecular complexity index is 330. The molecule has 0 saturated carbocycles. The van der Waals surface area contributed by atoms with Crippen LogP contribution in [0.25, 0.3) is 0 Å². The first-order chi connectivity index (χ1) is 9.39. The summed E-state index contributed by atoms with van der Waals surface area (Å²) in [6, 6.07) is 0. The molecule has 1 atom stereocenters. The fourth-order valence-electron chi connectivity index (χ4n) is 2.57. The molecule has 1 N–H and O–H groups in total. The molecule has 0 aliphatic carbocycles. The van der Waals surface area contributed by atoms with Crippen molar-refractivity contribution < 1.29 is 13.2 Å². The lowest BCUT2D eigenvalue weighted by Crippen LogP contribution is -2.36. The van der Waals surface area contributed by atoms with Crippen molar-refractivity contribution in [3.63, 3.8) is 0 Å². The van der Waals surface area contributed by atoms with Crippen LogP contribution in [-0.4, -0.2) is 47.2 Å². The maximum atomic E-state index is 11.3. The van der Waals surface area contributed by atoms with Gasteiger partial charge in [0.15, 0.2) is 0 Å². The van der Waals surface area contributed by atoms with Gasteiger partial charge in [-0.3, -0.25) is 0 Å². The number of hydrogen-bond donors (Lipinski definition) is 1. The second-order valence-corrected chi connectivity index (χ2v) is 8.12. The van der Waals surface area contributed by atoms with E-state index in [1.54, 1.807) is 7.11 Å². The van der Waals surface area contributed by atoms with Gasteiger partial charge in [-0.2, -0.15) is 0 Å². The third kappa shape index (κ3) is 9.72. The van der Waals surface area contributed by atoms with Gasteiger partial charge < -0.3 is 10.1 Å². The van der Waals surface area contributed by atoms with Gasteiger partial charge in [0.2, 0.25) is 0 Å². The first-order valence-electron chi connectivity index (χ1n) is 7.76. The molecule has 20 heavy (non-hydrogen) atoms. The van der Waals surface area contributed by atoms with Crippen molar-refractivity contribution >= 4 is 9.84 Å². The number of unbranched alkanes of at least 4 members (excludes halogenated alkanes) is 1. The molecule has 0 radical (unpaired) electrons. The first kappa shape index (κ1) is 19.9. The molecular formula is C15H33NO3S. The van der Waals surface area contributed by atoms with Crippen LogP contribution < -0.4 is 5.32 Å². The van der Waals surface area contributed by atoms with Crippen molar-refractivity contribution in [1.29, 1.82) is 0 Å². The minimum absolute atomic E-state index is 0.231. The fourth-order valence-corrected chi connectivity index (χ4v) is 3.24. The third-order valence-electron chi connectivity index (χ3n) is 4.02. The summed E-state index contributed by atoms with van der Waals surface area (Å²) in [4.78, 5) is 0. The molecule has 0 aromatic heterocycles. The van der Waals surface area contributed by atoms with Gasteiger partial charge in [0.25, 0.3) is 0 Å². The molecule has 0 aromatic rings. The zero-order valence-corrected chi connectivity index (χ0v) is 14.5. The third-order valence-corrected chi connectivity index (χ3v) is 5.05. The molecule has 122 valence electrons. The molecule has 5 heteroatoms. The molecule has 0 rings (SSSR count). The highest BCUT2D eigenvalue weighted by Crippen LogP contribution is 2.33. The number of nitrogens with one attached hydrogen (secondary N) is 1. The Balaban J connectivity index is 4.41. The predicted molar refractivity (Wildman–Crippen MR) is 85.9 cm³/mol. The van der Waals surface area contributed by atoms with E-state index < -0.39 is 9.84 Å². The molecule has 0 fully saturated rings. The highest BCUT2D eigenvalue weighted by molar-refractivity contribution is 7.90. The predicted octanol–water partition coefficient (Wildman–Crippen LogP) is 2.63. The Morgan fingerprint density at radius 2 is 1.80 bits per heavy atom. The maximum Gasteiger partial charge on any atom is 0.147 e. The Morgan fingerprint density at radius 1 is 1.15 bits per heavy atom. The minimum Gasteiger partial charge on any atom is -0.383 e. The van der Waals surface area contributed by atoms with E-state index in [-0.39, 0.29) is 5.41 Å². The number of ether oxygens (including phenoxy) is 1. The molecule has 0 amide bonds. The van der Waals surface area contributed by atoms with E-state index in [4.69, 9.17) is 4.74 Å². The second-order valence-electron chi connectivity index (χ2n) is 5.86. The first-order valence-corrected chi connectivity index (χ1v) is 9.82. The molecule has 1 unspecified atom stereocenters. The average molecular weight is 308 g/mol. The lowest BCUT2D eigenvalue weighted by molar-refractivity contribution is 0.176. The van der Waals surface area contributed by atoms with Gasteiger partial charge in [-0.15, -0.1) is 0 Å². The van der Waals surface area contributed by atoms with Crippen LogP contribution in [0.4, 0.5) is 0 Å². The van der Waals surface area contributed by atoms with Gasteiger partial charge in [0, 0.05) is 32.2 Å². The molecule has 4 nitrogen and oxygen atoms in total. The SMILES string of the molecule is CCCCC(CC)(CCCS(C)(=O)=O)CNCCOC. The van der Waals surface area contributed by atoms with Crippen LogP contribution in [0.3, 0.4) is 0 Å². The van der Waals surface area contributed by atoms with Crippen LogP contribution in [0.2, 0.25) is 0 Å². The van der Waals surface area contributed by atoms with Gasteiger partial charge >= 0.3 is 0 Å². The molecular weight excluding hydrogens is 274 g/mol. The number of methoxy groups -OCH3 is 1. The van der Waals surface area contributed by atoms with Gasteiger partial charge in [-0.25, -0.2) is 8.42 Å². The standard InChI is InChI=1S/C15H33NO3S/c1-5-7-9-15(6-2,14-16-11-12-19-3)10-8-13-20(4,17)18/h16H,5-14H2,1-4H3.